The molecule has 0 radical (unpaired) electrons. The molecule has 0 fully saturated rings. The third-order valence-corrected chi connectivity index (χ3v) is 2.18. The van der Waals surface area contributed by atoms with Gasteiger partial charge in [0.05, 0.1) is 0 Å². The molecular weight excluding hydrogens is 276 g/mol. The molecule has 0 aromatic heterocycles. The number of carboxylic acids is 1. The van der Waals surface area contributed by atoms with Gasteiger partial charge in [-0.2, -0.15) is 0 Å². The molecule has 0 unspecified atom stereocenters. The van der Waals surface area contributed by atoms with E-state index in [-0.39, 0.29) is 12.9 Å². The van der Waals surface area contributed by atoms with Crippen LogP contribution in [0.1, 0.15) is 31.1 Å². The number of carbonyl (C=O) groups excluding carboxylic acids is 1. The van der Waals surface area contributed by atoms with E-state index in [1.54, 1.807) is 24.3 Å². The molecule has 0 amide bonds. The Morgan fingerprint density at radius 2 is 1.71 bits per heavy atom. The van der Waals surface area contributed by atoms with Crippen LogP contribution in [0.4, 0.5) is 0 Å². The molecule has 0 spiro atoms. The van der Waals surface area contributed by atoms with Crippen molar-refractivity contribution >= 4 is 12.3 Å². The number of rotatable bonds is 8. The molecule has 1 N–H and O–H groups in total. The van der Waals surface area contributed by atoms with Crippen molar-refractivity contribution in [2.24, 2.45) is 0 Å². The minimum Gasteiger partial charge on any atom is -0.482 e. The third kappa shape index (κ3) is 10.5. The van der Waals surface area contributed by atoms with Crippen LogP contribution in [-0.2, 0) is 14.3 Å². The van der Waals surface area contributed by atoms with E-state index in [1.165, 1.54) is 0 Å². The van der Waals surface area contributed by atoms with Gasteiger partial charge in [-0.25, -0.2) is 4.79 Å². The van der Waals surface area contributed by atoms with Gasteiger partial charge in [0.15, 0.2) is 12.9 Å². The summed E-state index contributed by atoms with van der Waals surface area (Å²) in [4.78, 5) is 20.4. The fraction of sp³-hybridized carbons (Fsp3) is 0.467. The summed E-state index contributed by atoms with van der Waals surface area (Å²) in [7, 11) is 0. The maximum atomic E-state index is 10.2. The van der Waals surface area contributed by atoms with E-state index in [0.717, 1.165) is 13.2 Å². The largest absolute Gasteiger partial charge is 0.482 e. The normalized spacial score (nSPS) is 9.71. The Kier molecular flexibility index (Phi) is 10.8. The standard InChI is InChI=1S/C9H8O4.C6H14O2/c10-5-7-1-3-8(4-2-7)13-6-9(11)12;1-4-7-6(3)8-5-2/h1-5H,6H2,(H,11,12);6H,4-5H2,1-3H3. The Morgan fingerprint density at radius 3 is 2.10 bits per heavy atom. The highest BCUT2D eigenvalue weighted by Gasteiger charge is 1.98. The molecule has 1 rings (SSSR count). The number of aliphatic carboxylic acids is 1. The van der Waals surface area contributed by atoms with E-state index in [9.17, 15) is 9.59 Å². The summed E-state index contributed by atoms with van der Waals surface area (Å²) in [6.07, 6.45) is 0.672. The van der Waals surface area contributed by atoms with Crippen molar-refractivity contribution in [1.29, 1.82) is 0 Å². The highest BCUT2D eigenvalue weighted by atomic mass is 16.7. The second-order valence-corrected chi connectivity index (χ2v) is 3.85. The van der Waals surface area contributed by atoms with E-state index in [4.69, 9.17) is 19.3 Å². The fourth-order valence-electron chi connectivity index (χ4n) is 1.31. The lowest BCUT2D eigenvalue weighted by Crippen LogP contribution is -2.11. The van der Waals surface area contributed by atoms with E-state index < -0.39 is 5.97 Å². The maximum Gasteiger partial charge on any atom is 0.341 e. The third-order valence-electron chi connectivity index (χ3n) is 2.18. The van der Waals surface area contributed by atoms with Crippen LogP contribution in [0.5, 0.6) is 5.75 Å². The molecule has 0 aliphatic rings. The summed E-state index contributed by atoms with van der Waals surface area (Å²) in [6.45, 7) is 6.88. The number of hydrogen-bond donors (Lipinski definition) is 1. The summed E-state index contributed by atoms with van der Waals surface area (Å²) in [5.74, 6) is -0.590. The molecular formula is C15H22O6. The monoisotopic (exact) mass is 298 g/mol. The minimum absolute atomic E-state index is 0.0370. The summed E-state index contributed by atoms with van der Waals surface area (Å²) >= 11 is 0. The van der Waals surface area contributed by atoms with Crippen molar-refractivity contribution in [3.8, 4) is 5.75 Å². The first-order valence-electron chi connectivity index (χ1n) is 6.66. The van der Waals surface area contributed by atoms with Gasteiger partial charge in [-0.15, -0.1) is 0 Å². The molecule has 0 saturated heterocycles. The number of ether oxygens (including phenoxy) is 3. The first-order valence-corrected chi connectivity index (χ1v) is 6.66. The van der Waals surface area contributed by atoms with Gasteiger partial charge in [0, 0.05) is 18.8 Å². The molecule has 1 aromatic rings. The van der Waals surface area contributed by atoms with Crippen LogP contribution in [0, 0.1) is 0 Å². The highest BCUT2D eigenvalue weighted by Crippen LogP contribution is 2.10. The van der Waals surface area contributed by atoms with Gasteiger partial charge in [0.2, 0.25) is 0 Å². The minimum atomic E-state index is -1.03. The zero-order valence-corrected chi connectivity index (χ0v) is 12.6. The van der Waals surface area contributed by atoms with Crippen molar-refractivity contribution in [2.45, 2.75) is 27.1 Å². The predicted octanol–water partition coefficient (Wildman–Crippen LogP) is 2.37. The van der Waals surface area contributed by atoms with E-state index in [0.29, 0.717) is 17.6 Å². The van der Waals surface area contributed by atoms with Crippen LogP contribution < -0.4 is 4.74 Å². The van der Waals surface area contributed by atoms with E-state index in [2.05, 4.69) is 0 Å². The molecule has 0 bridgehead atoms. The molecule has 0 aliphatic carbocycles. The Bertz CT molecular complexity index is 395. The summed E-state index contributed by atoms with van der Waals surface area (Å²) < 4.78 is 15.0. The van der Waals surface area contributed by atoms with Gasteiger partial charge in [-0.3, -0.25) is 4.79 Å². The first-order chi connectivity index (χ1) is 10.0. The first kappa shape index (κ1) is 19.1. The molecule has 0 aliphatic heterocycles. The molecule has 0 heterocycles. The number of aldehydes is 1. The van der Waals surface area contributed by atoms with Crippen LogP contribution in [0.3, 0.4) is 0 Å². The van der Waals surface area contributed by atoms with Gasteiger partial charge < -0.3 is 19.3 Å². The van der Waals surface area contributed by atoms with Crippen molar-refractivity contribution in [1.82, 2.24) is 0 Å². The van der Waals surface area contributed by atoms with E-state index in [1.807, 2.05) is 20.8 Å². The van der Waals surface area contributed by atoms with Crippen LogP contribution >= 0.6 is 0 Å². The van der Waals surface area contributed by atoms with Crippen molar-refractivity contribution < 1.29 is 28.9 Å². The van der Waals surface area contributed by atoms with Crippen molar-refractivity contribution in [3.63, 3.8) is 0 Å². The lowest BCUT2D eigenvalue weighted by Gasteiger charge is -2.09. The highest BCUT2D eigenvalue weighted by molar-refractivity contribution is 5.74. The summed E-state index contributed by atoms with van der Waals surface area (Å²) in [5.41, 5.74) is 0.530. The van der Waals surface area contributed by atoms with Gasteiger partial charge in [-0.05, 0) is 45.0 Å². The summed E-state index contributed by atoms with van der Waals surface area (Å²) in [6, 6.07) is 6.22. The van der Waals surface area contributed by atoms with E-state index >= 15 is 0 Å². The predicted molar refractivity (Wildman–Crippen MR) is 77.7 cm³/mol. The van der Waals surface area contributed by atoms with Gasteiger partial charge in [0.25, 0.3) is 0 Å². The molecule has 0 atom stereocenters. The number of carbonyl (C=O) groups is 2. The van der Waals surface area contributed by atoms with Crippen molar-refractivity contribution in [3.05, 3.63) is 29.8 Å². The fourth-order valence-corrected chi connectivity index (χ4v) is 1.31. The number of carboxylic acid groups (broad SMARTS) is 1. The van der Waals surface area contributed by atoms with Crippen LogP contribution in [0.15, 0.2) is 24.3 Å². The quantitative estimate of drug-likeness (QED) is 0.586. The zero-order chi connectivity index (χ0) is 16.1. The Balaban J connectivity index is 0.000000433. The van der Waals surface area contributed by atoms with Crippen LogP contribution in [0.25, 0.3) is 0 Å². The average molecular weight is 298 g/mol. The molecule has 6 nitrogen and oxygen atoms in total. The second kappa shape index (κ2) is 11.9. The Hall–Kier alpha value is -1.92. The molecule has 6 heteroatoms. The lowest BCUT2D eigenvalue weighted by atomic mass is 10.2. The lowest BCUT2D eigenvalue weighted by molar-refractivity contribution is -0.139. The van der Waals surface area contributed by atoms with Gasteiger partial charge in [0.1, 0.15) is 12.0 Å². The number of benzene rings is 1. The smallest absolute Gasteiger partial charge is 0.341 e. The molecule has 1 aromatic carbocycles. The zero-order valence-electron chi connectivity index (χ0n) is 12.6. The summed E-state index contributed by atoms with van der Waals surface area (Å²) in [5, 5.41) is 8.29. The Labute approximate surface area is 124 Å². The molecule has 21 heavy (non-hydrogen) atoms. The van der Waals surface area contributed by atoms with Gasteiger partial charge >= 0.3 is 5.97 Å². The SMILES string of the molecule is CCOC(C)OCC.O=Cc1ccc(OCC(=O)O)cc1. The molecule has 118 valence electrons. The van der Waals surface area contributed by atoms with Gasteiger partial charge in [-0.1, -0.05) is 0 Å². The molecule has 0 saturated carbocycles. The maximum absolute atomic E-state index is 10.2. The number of hydrogen-bond acceptors (Lipinski definition) is 5. The average Bonchev–Trinajstić information content (AvgIpc) is 2.47. The Morgan fingerprint density at radius 1 is 1.19 bits per heavy atom. The topological polar surface area (TPSA) is 82.1 Å². The van der Waals surface area contributed by atoms with Crippen LogP contribution in [0.2, 0.25) is 0 Å². The van der Waals surface area contributed by atoms with Crippen molar-refractivity contribution in [2.75, 3.05) is 19.8 Å². The van der Waals surface area contributed by atoms with Crippen LogP contribution in [-0.4, -0.2) is 43.5 Å². The second-order valence-electron chi connectivity index (χ2n) is 3.85.